The monoisotopic (exact) mass is 363 g/mol. The van der Waals surface area contributed by atoms with Gasteiger partial charge < -0.3 is 4.57 Å². The van der Waals surface area contributed by atoms with Gasteiger partial charge in [0.25, 0.3) is 0 Å². The van der Waals surface area contributed by atoms with E-state index in [1.807, 2.05) is 0 Å². The Hall–Kier alpha value is -2.80. The van der Waals surface area contributed by atoms with Gasteiger partial charge in [0.15, 0.2) is 0 Å². The first-order valence-electron chi connectivity index (χ1n) is 10.5. The molecule has 2 aromatic carbocycles. The normalized spacial score (nSPS) is 17.8. The lowest BCUT2D eigenvalue weighted by Crippen LogP contribution is -2.15. The van der Waals surface area contributed by atoms with Crippen molar-refractivity contribution in [3.05, 3.63) is 88.3 Å². The molecule has 3 aliphatic carbocycles. The van der Waals surface area contributed by atoms with E-state index in [1.165, 1.54) is 65.0 Å². The number of nitrogens with zero attached hydrogens (tertiary/aromatic N) is 1. The van der Waals surface area contributed by atoms with Gasteiger partial charge in [0.2, 0.25) is 0 Å². The van der Waals surface area contributed by atoms with Crippen LogP contribution in [0.1, 0.15) is 60.3 Å². The summed E-state index contributed by atoms with van der Waals surface area (Å²) in [6, 6.07) is 16.0. The Labute approximate surface area is 167 Å². The SMILES string of the molecule is CC1(C)c2ccccc2-c2ccc(-n3c4c(c5c3C=CCC5)CCC=C4)cc21. The second-order valence-corrected chi connectivity index (χ2v) is 8.85. The topological polar surface area (TPSA) is 4.93 Å². The summed E-state index contributed by atoms with van der Waals surface area (Å²) in [7, 11) is 0. The van der Waals surface area contributed by atoms with Crippen LogP contribution >= 0.6 is 0 Å². The maximum atomic E-state index is 2.51. The lowest BCUT2D eigenvalue weighted by molar-refractivity contribution is 0.659. The van der Waals surface area contributed by atoms with Gasteiger partial charge in [0, 0.05) is 22.5 Å². The van der Waals surface area contributed by atoms with E-state index in [-0.39, 0.29) is 5.41 Å². The molecule has 0 amide bonds. The number of allylic oxidation sites excluding steroid dienone is 2. The molecule has 0 spiro atoms. The van der Waals surface area contributed by atoms with Crippen LogP contribution in [-0.2, 0) is 18.3 Å². The summed E-state index contributed by atoms with van der Waals surface area (Å²) < 4.78 is 2.51. The third kappa shape index (κ3) is 2.02. The third-order valence-corrected chi connectivity index (χ3v) is 6.96. The number of fused-ring (bicyclic) bond motifs is 6. The smallest absolute Gasteiger partial charge is 0.0494 e. The quantitative estimate of drug-likeness (QED) is 0.453. The molecular formula is C27H25N. The number of rotatable bonds is 1. The lowest BCUT2D eigenvalue weighted by Gasteiger charge is -2.23. The van der Waals surface area contributed by atoms with Crippen molar-refractivity contribution in [3.63, 3.8) is 0 Å². The Bertz CT molecular complexity index is 1140. The standard InChI is InChI=1S/C27H25N/c1-27(2)23-12-6-3-9-19(23)20-16-15-18(17-24(20)27)28-25-13-7-4-10-21(25)22-11-5-8-14-26(22)28/h3,6-9,12-17H,4-5,10-11H2,1-2H3. The molecule has 0 unspecified atom stereocenters. The molecule has 6 rings (SSSR count). The lowest BCUT2D eigenvalue weighted by atomic mass is 9.82. The first-order chi connectivity index (χ1) is 13.7. The van der Waals surface area contributed by atoms with Gasteiger partial charge in [-0.05, 0) is 83.3 Å². The molecule has 28 heavy (non-hydrogen) atoms. The van der Waals surface area contributed by atoms with Crippen molar-refractivity contribution in [3.8, 4) is 16.8 Å². The molecule has 0 N–H and O–H groups in total. The summed E-state index contributed by atoms with van der Waals surface area (Å²) in [5, 5.41) is 0. The Kier molecular flexibility index (Phi) is 3.24. The predicted molar refractivity (Wildman–Crippen MR) is 118 cm³/mol. The minimum Gasteiger partial charge on any atom is -0.310 e. The van der Waals surface area contributed by atoms with E-state index < -0.39 is 0 Å². The molecule has 1 nitrogen and oxygen atoms in total. The minimum atomic E-state index is 0.0426. The summed E-state index contributed by atoms with van der Waals surface area (Å²) in [6.45, 7) is 4.73. The summed E-state index contributed by atoms with van der Waals surface area (Å²) in [5.74, 6) is 0. The molecule has 0 saturated carbocycles. The summed E-state index contributed by atoms with van der Waals surface area (Å²) in [4.78, 5) is 0. The summed E-state index contributed by atoms with van der Waals surface area (Å²) >= 11 is 0. The van der Waals surface area contributed by atoms with Gasteiger partial charge in [0.1, 0.15) is 0 Å². The van der Waals surface area contributed by atoms with Crippen LogP contribution < -0.4 is 0 Å². The minimum absolute atomic E-state index is 0.0426. The summed E-state index contributed by atoms with van der Waals surface area (Å²) in [6.07, 6.45) is 14.0. The molecule has 3 aromatic rings. The van der Waals surface area contributed by atoms with Crippen LogP contribution in [0.5, 0.6) is 0 Å². The Balaban J connectivity index is 1.60. The third-order valence-electron chi connectivity index (χ3n) is 6.96. The van der Waals surface area contributed by atoms with E-state index in [2.05, 4.69) is 85.2 Å². The fourth-order valence-corrected chi connectivity index (χ4v) is 5.57. The van der Waals surface area contributed by atoms with E-state index in [0.29, 0.717) is 0 Å². The van der Waals surface area contributed by atoms with Crippen molar-refractivity contribution in [2.45, 2.75) is 44.9 Å². The molecule has 3 aliphatic rings. The second kappa shape index (κ2) is 5.61. The highest BCUT2D eigenvalue weighted by Crippen LogP contribution is 2.49. The van der Waals surface area contributed by atoms with Crippen molar-refractivity contribution in [2.75, 3.05) is 0 Å². The van der Waals surface area contributed by atoms with Gasteiger partial charge in [-0.1, -0.05) is 56.3 Å². The largest absolute Gasteiger partial charge is 0.310 e. The molecule has 0 bridgehead atoms. The van der Waals surface area contributed by atoms with Crippen LogP contribution in [-0.4, -0.2) is 4.57 Å². The maximum absolute atomic E-state index is 2.51. The van der Waals surface area contributed by atoms with Crippen molar-refractivity contribution in [1.82, 2.24) is 4.57 Å². The Morgan fingerprint density at radius 1 is 0.750 bits per heavy atom. The summed E-state index contributed by atoms with van der Waals surface area (Å²) in [5.41, 5.74) is 13.0. The molecule has 1 aromatic heterocycles. The molecule has 138 valence electrons. The van der Waals surface area contributed by atoms with Gasteiger partial charge in [-0.25, -0.2) is 0 Å². The van der Waals surface area contributed by atoms with Gasteiger partial charge >= 0.3 is 0 Å². The van der Waals surface area contributed by atoms with E-state index in [1.54, 1.807) is 11.1 Å². The zero-order valence-corrected chi connectivity index (χ0v) is 16.6. The highest BCUT2D eigenvalue weighted by atomic mass is 15.0. The average molecular weight is 364 g/mol. The van der Waals surface area contributed by atoms with Crippen LogP contribution in [0, 0.1) is 0 Å². The zero-order valence-electron chi connectivity index (χ0n) is 16.6. The molecule has 0 fully saturated rings. The first-order valence-corrected chi connectivity index (χ1v) is 10.5. The molecule has 0 saturated heterocycles. The van der Waals surface area contributed by atoms with E-state index >= 15 is 0 Å². The number of aromatic nitrogens is 1. The maximum Gasteiger partial charge on any atom is 0.0494 e. The van der Waals surface area contributed by atoms with Crippen molar-refractivity contribution in [1.29, 1.82) is 0 Å². The van der Waals surface area contributed by atoms with E-state index in [0.717, 1.165) is 0 Å². The van der Waals surface area contributed by atoms with Crippen LogP contribution in [0.2, 0.25) is 0 Å². The molecule has 1 heterocycles. The number of benzene rings is 2. The van der Waals surface area contributed by atoms with Gasteiger partial charge in [-0.3, -0.25) is 0 Å². The van der Waals surface area contributed by atoms with E-state index in [9.17, 15) is 0 Å². The van der Waals surface area contributed by atoms with Gasteiger partial charge in [0.05, 0.1) is 0 Å². The highest BCUT2D eigenvalue weighted by Gasteiger charge is 2.35. The fourth-order valence-electron chi connectivity index (χ4n) is 5.57. The molecule has 0 radical (unpaired) electrons. The van der Waals surface area contributed by atoms with Gasteiger partial charge in [-0.15, -0.1) is 0 Å². The second-order valence-electron chi connectivity index (χ2n) is 8.85. The number of hydrogen-bond acceptors (Lipinski definition) is 0. The van der Waals surface area contributed by atoms with Crippen LogP contribution in [0.25, 0.3) is 29.0 Å². The average Bonchev–Trinajstić information content (AvgIpc) is 3.18. The molecule has 1 heteroatoms. The molecule has 0 atom stereocenters. The van der Waals surface area contributed by atoms with Crippen molar-refractivity contribution < 1.29 is 0 Å². The van der Waals surface area contributed by atoms with Crippen molar-refractivity contribution >= 4 is 12.2 Å². The molecular weight excluding hydrogens is 338 g/mol. The Morgan fingerprint density at radius 2 is 1.39 bits per heavy atom. The first kappa shape index (κ1) is 16.2. The predicted octanol–water partition coefficient (Wildman–Crippen LogP) is 6.70. The van der Waals surface area contributed by atoms with Gasteiger partial charge in [-0.2, -0.15) is 0 Å². The van der Waals surface area contributed by atoms with E-state index in [4.69, 9.17) is 0 Å². The number of hydrogen-bond donors (Lipinski definition) is 0. The highest BCUT2D eigenvalue weighted by molar-refractivity contribution is 5.82. The zero-order chi connectivity index (χ0) is 18.9. The van der Waals surface area contributed by atoms with Crippen LogP contribution in [0.15, 0.2) is 54.6 Å². The van der Waals surface area contributed by atoms with Crippen LogP contribution in [0.4, 0.5) is 0 Å². The van der Waals surface area contributed by atoms with Crippen molar-refractivity contribution in [2.24, 2.45) is 0 Å². The van der Waals surface area contributed by atoms with Crippen LogP contribution in [0.3, 0.4) is 0 Å². The molecule has 0 aliphatic heterocycles. The fraction of sp³-hybridized carbons (Fsp3) is 0.259. The Morgan fingerprint density at radius 3 is 2.11 bits per heavy atom.